The lowest BCUT2D eigenvalue weighted by Gasteiger charge is -2.26. The maximum Gasteiger partial charge on any atom is 0.407 e. The van der Waals surface area contributed by atoms with Crippen molar-refractivity contribution in [3.8, 4) is 23.0 Å². The van der Waals surface area contributed by atoms with Crippen molar-refractivity contribution in [1.29, 1.82) is 0 Å². The number of hydrogen-bond acceptors (Lipinski definition) is 4. The van der Waals surface area contributed by atoms with E-state index in [1.54, 1.807) is 0 Å². The van der Waals surface area contributed by atoms with Gasteiger partial charge in [-0.2, -0.15) is 0 Å². The molecule has 0 saturated heterocycles. The number of ether oxygens (including phenoxy) is 1. The smallest absolute Gasteiger partial charge is 0.407 e. The zero-order chi connectivity index (χ0) is 24.7. The second kappa shape index (κ2) is 10.9. The van der Waals surface area contributed by atoms with Gasteiger partial charge >= 0.3 is 12.1 Å². The van der Waals surface area contributed by atoms with Gasteiger partial charge in [0, 0.05) is 24.3 Å². The number of nitrogens with one attached hydrogen (secondary N) is 2. The summed E-state index contributed by atoms with van der Waals surface area (Å²) >= 11 is 0. The van der Waals surface area contributed by atoms with Gasteiger partial charge in [0.25, 0.3) is 0 Å². The third-order valence-electron chi connectivity index (χ3n) is 5.53. The van der Waals surface area contributed by atoms with Crippen molar-refractivity contribution in [1.82, 2.24) is 10.6 Å². The van der Waals surface area contributed by atoms with Gasteiger partial charge in [-0.3, -0.25) is 4.79 Å². The van der Waals surface area contributed by atoms with Gasteiger partial charge in [-0.15, -0.1) is 0 Å². The lowest BCUT2D eigenvalue weighted by Crippen LogP contribution is -2.42. The fourth-order valence-corrected chi connectivity index (χ4v) is 4.28. The van der Waals surface area contributed by atoms with Crippen molar-refractivity contribution in [3.05, 3.63) is 59.7 Å². The number of fused-ring (bicyclic) bond motifs is 3. The average Bonchev–Trinajstić information content (AvgIpc) is 3.08. The molecule has 0 bridgehead atoms. The second-order valence-electron chi connectivity index (χ2n) is 9.52. The first-order valence-electron chi connectivity index (χ1n) is 11.2. The Labute approximate surface area is 199 Å². The van der Waals surface area contributed by atoms with E-state index in [4.69, 9.17) is 9.84 Å². The normalized spacial score (nSPS) is 13.0. The SMILES string of the molecule is CC(C)(C)CC(CC(=O)NCC#CC(=O)O)NC(=O)OCC1c2ccccc2-c2ccccc21. The molecule has 0 fully saturated rings. The Kier molecular flexibility index (Phi) is 7.95. The Bertz CT molecular complexity index is 1080. The molecule has 2 aromatic rings. The highest BCUT2D eigenvalue weighted by molar-refractivity contribution is 5.86. The van der Waals surface area contributed by atoms with Crippen molar-refractivity contribution in [2.45, 2.75) is 45.6 Å². The molecule has 0 radical (unpaired) electrons. The molecular weight excluding hydrogens is 432 g/mol. The van der Waals surface area contributed by atoms with Crippen molar-refractivity contribution >= 4 is 18.0 Å². The summed E-state index contributed by atoms with van der Waals surface area (Å²) in [5, 5.41) is 13.9. The number of rotatable bonds is 7. The predicted octanol–water partition coefficient (Wildman–Crippen LogP) is 3.92. The van der Waals surface area contributed by atoms with E-state index in [0.29, 0.717) is 6.42 Å². The molecule has 34 heavy (non-hydrogen) atoms. The zero-order valence-electron chi connectivity index (χ0n) is 19.7. The van der Waals surface area contributed by atoms with Crippen LogP contribution in [-0.2, 0) is 14.3 Å². The van der Waals surface area contributed by atoms with E-state index in [-0.39, 0.29) is 36.8 Å². The van der Waals surface area contributed by atoms with E-state index in [1.807, 2.05) is 51.0 Å². The largest absolute Gasteiger partial charge is 0.472 e. The van der Waals surface area contributed by atoms with Gasteiger partial charge in [-0.1, -0.05) is 75.2 Å². The minimum Gasteiger partial charge on any atom is -0.472 e. The topological polar surface area (TPSA) is 105 Å². The van der Waals surface area contributed by atoms with Crippen LogP contribution in [0.25, 0.3) is 11.1 Å². The summed E-state index contributed by atoms with van der Waals surface area (Å²) < 4.78 is 5.62. The number of alkyl carbamates (subject to hydrolysis) is 1. The summed E-state index contributed by atoms with van der Waals surface area (Å²) in [6.07, 6.45) is 0.0244. The fourth-order valence-electron chi connectivity index (χ4n) is 4.28. The molecule has 0 aromatic heterocycles. The lowest BCUT2D eigenvalue weighted by atomic mass is 9.87. The molecule has 1 aliphatic carbocycles. The van der Waals surface area contributed by atoms with Crippen LogP contribution in [0.15, 0.2) is 48.5 Å². The van der Waals surface area contributed by atoms with E-state index in [0.717, 1.165) is 22.3 Å². The van der Waals surface area contributed by atoms with E-state index in [2.05, 4.69) is 40.8 Å². The van der Waals surface area contributed by atoms with Crippen LogP contribution in [0.2, 0.25) is 0 Å². The maximum atomic E-state index is 12.7. The highest BCUT2D eigenvalue weighted by Gasteiger charge is 2.30. The minimum absolute atomic E-state index is 0.0379. The molecule has 0 heterocycles. The monoisotopic (exact) mass is 462 g/mol. The summed E-state index contributed by atoms with van der Waals surface area (Å²) in [4.78, 5) is 35.4. The van der Waals surface area contributed by atoms with Crippen molar-refractivity contribution in [2.75, 3.05) is 13.2 Å². The summed E-state index contributed by atoms with van der Waals surface area (Å²) in [7, 11) is 0. The third-order valence-corrected chi connectivity index (χ3v) is 5.53. The first-order valence-corrected chi connectivity index (χ1v) is 11.2. The highest BCUT2D eigenvalue weighted by Crippen LogP contribution is 2.44. The van der Waals surface area contributed by atoms with Crippen LogP contribution in [0.3, 0.4) is 0 Å². The number of carbonyl (C=O) groups is 3. The second-order valence-corrected chi connectivity index (χ2v) is 9.52. The molecule has 0 spiro atoms. The number of carboxylic acid groups (broad SMARTS) is 1. The first kappa shape index (κ1) is 24.8. The van der Waals surface area contributed by atoms with Gasteiger partial charge in [-0.25, -0.2) is 9.59 Å². The van der Waals surface area contributed by atoms with Crippen LogP contribution in [0.5, 0.6) is 0 Å². The van der Waals surface area contributed by atoms with Crippen molar-refractivity contribution < 1.29 is 24.2 Å². The summed E-state index contributed by atoms with van der Waals surface area (Å²) in [5.41, 5.74) is 4.43. The molecule has 1 aliphatic rings. The highest BCUT2D eigenvalue weighted by atomic mass is 16.5. The standard InChI is InChI=1S/C27H30N2O5/c1-27(2,3)16-18(15-24(30)28-14-8-13-25(31)32)29-26(33)34-17-23-21-11-6-4-9-19(21)20-10-5-7-12-22(20)23/h4-7,9-12,18,23H,14-17H2,1-3H3,(H,28,30)(H,29,33)(H,31,32). The lowest BCUT2D eigenvalue weighted by molar-refractivity contribution is -0.130. The Balaban J connectivity index is 1.61. The summed E-state index contributed by atoms with van der Waals surface area (Å²) in [6.45, 7) is 6.19. The average molecular weight is 463 g/mol. The molecule has 0 aliphatic heterocycles. The molecule has 1 unspecified atom stereocenters. The van der Waals surface area contributed by atoms with Crippen LogP contribution in [-0.4, -0.2) is 42.3 Å². The van der Waals surface area contributed by atoms with Crippen molar-refractivity contribution in [3.63, 3.8) is 0 Å². The molecule has 7 heteroatoms. The predicted molar refractivity (Wildman–Crippen MR) is 129 cm³/mol. The van der Waals surface area contributed by atoms with Crippen LogP contribution in [0.4, 0.5) is 4.79 Å². The van der Waals surface area contributed by atoms with Crippen LogP contribution >= 0.6 is 0 Å². The first-order chi connectivity index (χ1) is 16.1. The van der Waals surface area contributed by atoms with Gasteiger partial charge in [0.15, 0.2) is 0 Å². The molecule has 0 saturated carbocycles. The quantitative estimate of drug-likeness (QED) is 0.541. The Morgan fingerprint density at radius 3 is 2.18 bits per heavy atom. The van der Waals surface area contributed by atoms with Crippen LogP contribution < -0.4 is 10.6 Å². The molecule has 178 valence electrons. The number of amides is 2. The Morgan fingerprint density at radius 2 is 1.62 bits per heavy atom. The van der Waals surface area contributed by atoms with E-state index in [9.17, 15) is 14.4 Å². The number of hydrogen-bond donors (Lipinski definition) is 3. The van der Waals surface area contributed by atoms with Gasteiger partial charge < -0.3 is 20.5 Å². The van der Waals surface area contributed by atoms with E-state index >= 15 is 0 Å². The van der Waals surface area contributed by atoms with Gasteiger partial charge in [-0.05, 0) is 34.1 Å². The number of carbonyl (C=O) groups excluding carboxylic acids is 2. The Hall–Kier alpha value is -3.79. The molecular formula is C27H30N2O5. The van der Waals surface area contributed by atoms with Crippen LogP contribution in [0.1, 0.15) is 50.7 Å². The van der Waals surface area contributed by atoms with Crippen LogP contribution in [0, 0.1) is 17.3 Å². The molecule has 2 amide bonds. The molecule has 3 N–H and O–H groups in total. The van der Waals surface area contributed by atoms with E-state index < -0.39 is 18.1 Å². The Morgan fingerprint density at radius 1 is 1.03 bits per heavy atom. The number of benzene rings is 2. The minimum atomic E-state index is -1.25. The third kappa shape index (κ3) is 6.85. The zero-order valence-corrected chi connectivity index (χ0v) is 19.7. The molecule has 2 aromatic carbocycles. The van der Waals surface area contributed by atoms with Gasteiger partial charge in [0.05, 0.1) is 6.54 Å². The molecule has 7 nitrogen and oxygen atoms in total. The fraction of sp³-hybridized carbons (Fsp3) is 0.370. The molecule has 3 rings (SSSR count). The summed E-state index contributed by atoms with van der Waals surface area (Å²) in [6, 6.07) is 15.8. The summed E-state index contributed by atoms with van der Waals surface area (Å²) in [5.74, 6) is 2.67. The van der Waals surface area contributed by atoms with Crippen molar-refractivity contribution in [2.24, 2.45) is 5.41 Å². The maximum absolute atomic E-state index is 12.7. The molecule has 1 atom stereocenters. The van der Waals surface area contributed by atoms with E-state index in [1.165, 1.54) is 0 Å². The number of aliphatic carboxylic acids is 1. The number of carboxylic acids is 1. The van der Waals surface area contributed by atoms with Gasteiger partial charge in [0.1, 0.15) is 6.61 Å². The van der Waals surface area contributed by atoms with Gasteiger partial charge in [0.2, 0.25) is 5.91 Å².